The van der Waals surface area contributed by atoms with Crippen molar-refractivity contribution in [1.29, 1.82) is 0 Å². The van der Waals surface area contributed by atoms with E-state index in [0.29, 0.717) is 22.2 Å². The molecule has 0 radical (unpaired) electrons. The Hall–Kier alpha value is -1.74. The third-order valence-corrected chi connectivity index (χ3v) is 2.80. The van der Waals surface area contributed by atoms with Crippen LogP contribution in [0, 0.1) is 0 Å². The van der Waals surface area contributed by atoms with Gasteiger partial charge >= 0.3 is 6.18 Å². The molecule has 0 fully saturated rings. The molecule has 0 spiro atoms. The van der Waals surface area contributed by atoms with Gasteiger partial charge in [-0.15, -0.1) is 0 Å². The highest BCUT2D eigenvalue weighted by Crippen LogP contribution is 2.29. The maximum Gasteiger partial charge on any atom is 0.410 e. The van der Waals surface area contributed by atoms with Crippen LogP contribution in [0.1, 0.15) is 11.1 Å². The average Bonchev–Trinajstić information content (AvgIpc) is 2.37. The van der Waals surface area contributed by atoms with Gasteiger partial charge in [0, 0.05) is 11.1 Å². The second kappa shape index (κ2) is 5.49. The lowest BCUT2D eigenvalue weighted by Crippen LogP contribution is -2.04. The van der Waals surface area contributed by atoms with Gasteiger partial charge in [0.25, 0.3) is 0 Å². The molecule has 2 aromatic rings. The summed E-state index contributed by atoms with van der Waals surface area (Å²) < 4.78 is 38.0. The van der Waals surface area contributed by atoms with E-state index >= 15 is 0 Å². The normalized spacial score (nSPS) is 12.5. The van der Waals surface area contributed by atoms with Crippen molar-refractivity contribution in [2.75, 3.05) is 0 Å². The number of benzene rings is 2. The van der Waals surface area contributed by atoms with Gasteiger partial charge in [-0.25, -0.2) is 0 Å². The molecule has 2 aromatic carbocycles. The quantitative estimate of drug-likeness (QED) is 0.698. The Balaban J connectivity index is 2.53. The summed E-state index contributed by atoms with van der Waals surface area (Å²) in [6.07, 6.45) is -4.06. The maximum atomic E-state index is 12.7. The lowest BCUT2D eigenvalue weighted by Gasteiger charge is -2.10. The first kappa shape index (κ1) is 13.7. The summed E-state index contributed by atoms with van der Waals surface area (Å²) in [4.78, 5) is 0. The maximum absolute atomic E-state index is 12.7. The largest absolute Gasteiger partial charge is 0.410 e. The van der Waals surface area contributed by atoms with Gasteiger partial charge in [-0.1, -0.05) is 54.1 Å². The van der Waals surface area contributed by atoms with E-state index in [9.17, 15) is 13.2 Å². The molecule has 4 heteroatoms. The molecule has 0 N–H and O–H groups in total. The molecule has 0 aromatic heterocycles. The van der Waals surface area contributed by atoms with Gasteiger partial charge in [0.1, 0.15) is 0 Å². The van der Waals surface area contributed by atoms with E-state index in [-0.39, 0.29) is 5.57 Å². The first-order chi connectivity index (χ1) is 8.96. The third-order valence-electron chi connectivity index (χ3n) is 2.55. The highest BCUT2D eigenvalue weighted by molar-refractivity contribution is 6.30. The van der Waals surface area contributed by atoms with Gasteiger partial charge in [0.05, 0.1) is 0 Å². The van der Waals surface area contributed by atoms with E-state index in [4.69, 9.17) is 11.6 Å². The molecule has 98 valence electrons. The third kappa shape index (κ3) is 3.86. The van der Waals surface area contributed by atoms with Crippen molar-refractivity contribution < 1.29 is 13.2 Å². The van der Waals surface area contributed by atoms with E-state index in [2.05, 4.69) is 0 Å². The van der Waals surface area contributed by atoms with Crippen LogP contribution in [-0.2, 0) is 0 Å². The van der Waals surface area contributed by atoms with E-state index in [1.807, 2.05) is 0 Å². The molecule has 19 heavy (non-hydrogen) atoms. The summed E-state index contributed by atoms with van der Waals surface area (Å²) >= 11 is 5.75. The lowest BCUT2D eigenvalue weighted by molar-refractivity contribution is -0.0793. The van der Waals surface area contributed by atoms with Crippen LogP contribution in [0.2, 0.25) is 5.02 Å². The number of allylic oxidation sites excluding steroid dienone is 1. The molecule has 0 atom stereocenters. The summed E-state index contributed by atoms with van der Waals surface area (Å²) in [6, 6.07) is 14.8. The first-order valence-corrected chi connectivity index (χ1v) is 5.94. The molecule has 0 aliphatic heterocycles. The van der Waals surface area contributed by atoms with Gasteiger partial charge < -0.3 is 0 Å². The van der Waals surface area contributed by atoms with Gasteiger partial charge in [-0.05, 0) is 28.8 Å². The minimum Gasteiger partial charge on any atom is -0.167 e. The highest BCUT2D eigenvalue weighted by atomic mass is 35.5. The molecule has 0 aliphatic rings. The van der Waals surface area contributed by atoms with Gasteiger partial charge in [-0.3, -0.25) is 0 Å². The number of halogens is 4. The Morgan fingerprint density at radius 2 is 1.37 bits per heavy atom. The predicted octanol–water partition coefficient (Wildman–Crippen LogP) is 5.33. The van der Waals surface area contributed by atoms with E-state index in [1.165, 1.54) is 0 Å². The van der Waals surface area contributed by atoms with Crippen LogP contribution in [-0.4, -0.2) is 6.18 Å². The van der Waals surface area contributed by atoms with Crippen LogP contribution in [0.4, 0.5) is 13.2 Å². The molecule has 0 heterocycles. The van der Waals surface area contributed by atoms with Gasteiger partial charge in [0.2, 0.25) is 0 Å². The highest BCUT2D eigenvalue weighted by Gasteiger charge is 2.25. The van der Waals surface area contributed by atoms with Crippen molar-refractivity contribution in [1.82, 2.24) is 0 Å². The molecular weight excluding hydrogens is 273 g/mol. The monoisotopic (exact) mass is 282 g/mol. The summed E-state index contributed by atoms with van der Waals surface area (Å²) in [5.74, 6) is 0. The fraction of sp³-hybridized carbons (Fsp3) is 0.0667. The molecule has 0 amide bonds. The number of hydrogen-bond acceptors (Lipinski definition) is 0. The Kier molecular flexibility index (Phi) is 3.96. The van der Waals surface area contributed by atoms with Crippen LogP contribution in [0.5, 0.6) is 0 Å². The van der Waals surface area contributed by atoms with Crippen molar-refractivity contribution in [3.63, 3.8) is 0 Å². The SMILES string of the molecule is FC(F)(F)/C=C(\c1ccccc1)c1ccc(Cl)cc1. The summed E-state index contributed by atoms with van der Waals surface area (Å²) in [5.41, 5.74) is 1.12. The predicted molar refractivity (Wildman–Crippen MR) is 71.0 cm³/mol. The van der Waals surface area contributed by atoms with Crippen LogP contribution < -0.4 is 0 Å². The van der Waals surface area contributed by atoms with Crippen molar-refractivity contribution in [2.45, 2.75) is 6.18 Å². The van der Waals surface area contributed by atoms with Crippen molar-refractivity contribution in [2.24, 2.45) is 0 Å². The Bertz CT molecular complexity index is 569. The van der Waals surface area contributed by atoms with Crippen LogP contribution in [0.25, 0.3) is 5.57 Å². The number of rotatable bonds is 2. The summed E-state index contributed by atoms with van der Waals surface area (Å²) in [6.45, 7) is 0. The summed E-state index contributed by atoms with van der Waals surface area (Å²) in [7, 11) is 0. The van der Waals surface area contributed by atoms with Gasteiger partial charge in [-0.2, -0.15) is 13.2 Å². The van der Waals surface area contributed by atoms with Crippen molar-refractivity contribution in [3.8, 4) is 0 Å². The van der Waals surface area contributed by atoms with Crippen LogP contribution in [0.3, 0.4) is 0 Å². The minimum absolute atomic E-state index is 0.129. The van der Waals surface area contributed by atoms with E-state index in [1.54, 1.807) is 54.6 Å². The van der Waals surface area contributed by atoms with Crippen LogP contribution in [0.15, 0.2) is 60.7 Å². The molecule has 0 nitrogen and oxygen atoms in total. The Labute approximate surface area is 114 Å². The molecule has 0 saturated carbocycles. The zero-order valence-electron chi connectivity index (χ0n) is 9.79. The zero-order valence-corrected chi connectivity index (χ0v) is 10.5. The lowest BCUT2D eigenvalue weighted by atomic mass is 9.97. The summed E-state index contributed by atoms with van der Waals surface area (Å²) in [5, 5.41) is 0.489. The minimum atomic E-state index is -4.37. The Morgan fingerprint density at radius 3 is 1.89 bits per heavy atom. The Morgan fingerprint density at radius 1 is 0.842 bits per heavy atom. The molecule has 2 rings (SSSR count). The average molecular weight is 283 g/mol. The number of hydrogen-bond donors (Lipinski definition) is 0. The smallest absolute Gasteiger partial charge is 0.167 e. The fourth-order valence-corrected chi connectivity index (χ4v) is 1.87. The molecule has 0 saturated heterocycles. The van der Waals surface area contributed by atoms with E-state index in [0.717, 1.165) is 0 Å². The standard InChI is InChI=1S/C15H10ClF3/c16-13-8-6-12(7-9-13)14(10-15(17,18)19)11-4-2-1-3-5-11/h1-10H/b14-10+. The zero-order chi connectivity index (χ0) is 13.9. The topological polar surface area (TPSA) is 0 Å². The van der Waals surface area contributed by atoms with Gasteiger partial charge in [0.15, 0.2) is 0 Å². The van der Waals surface area contributed by atoms with E-state index < -0.39 is 6.18 Å². The second-order valence-corrected chi connectivity index (χ2v) is 4.41. The van der Waals surface area contributed by atoms with Crippen molar-refractivity contribution in [3.05, 3.63) is 76.8 Å². The second-order valence-electron chi connectivity index (χ2n) is 3.97. The molecule has 0 bridgehead atoms. The molecular formula is C15H10ClF3. The first-order valence-electron chi connectivity index (χ1n) is 5.57. The molecule has 0 unspecified atom stereocenters. The number of alkyl halides is 3. The van der Waals surface area contributed by atoms with Crippen molar-refractivity contribution >= 4 is 17.2 Å². The molecule has 0 aliphatic carbocycles. The van der Waals surface area contributed by atoms with Crippen LogP contribution >= 0.6 is 11.6 Å². The fourth-order valence-electron chi connectivity index (χ4n) is 1.74.